The van der Waals surface area contributed by atoms with Gasteiger partial charge in [-0.25, -0.2) is 8.78 Å². The molecule has 0 aliphatic carbocycles. The Labute approximate surface area is 112 Å². The van der Waals surface area contributed by atoms with Crippen molar-refractivity contribution in [2.24, 2.45) is 0 Å². The van der Waals surface area contributed by atoms with Gasteiger partial charge < -0.3 is 4.52 Å². The summed E-state index contributed by atoms with van der Waals surface area (Å²) in [6.07, 6.45) is 0. The first-order chi connectivity index (χ1) is 9.04. The van der Waals surface area contributed by atoms with Crippen molar-refractivity contribution in [3.8, 4) is 0 Å². The first-order valence-electron chi connectivity index (χ1n) is 5.35. The summed E-state index contributed by atoms with van der Waals surface area (Å²) in [5.74, 6) is -1.84. The summed E-state index contributed by atoms with van der Waals surface area (Å²) >= 11 is 1.10. The molecule has 2 rings (SSSR count). The lowest BCUT2D eigenvalue weighted by molar-refractivity contribution is -0.113. The van der Waals surface area contributed by atoms with Crippen LogP contribution in [0.4, 0.5) is 14.7 Å². The van der Waals surface area contributed by atoms with Crippen LogP contribution in [0.15, 0.2) is 33.7 Å². The highest BCUT2D eigenvalue weighted by molar-refractivity contribution is 8.00. The lowest BCUT2D eigenvalue weighted by atomic mass is 10.3. The minimum absolute atomic E-state index is 0.0603. The predicted molar refractivity (Wildman–Crippen MR) is 67.0 cm³/mol. The molecule has 0 spiro atoms. The lowest BCUT2D eigenvalue weighted by Crippen LogP contribution is -2.13. The molecule has 7 heteroatoms. The predicted octanol–water partition coefficient (Wildman–Crippen LogP) is 2.99. The highest BCUT2D eigenvalue weighted by atomic mass is 32.2. The SMILES string of the molecule is Cc1cc(NC(=O)CSc2ccc(F)c(F)c2)on1. The Morgan fingerprint density at radius 1 is 1.37 bits per heavy atom. The minimum Gasteiger partial charge on any atom is -0.338 e. The van der Waals surface area contributed by atoms with Crippen LogP contribution in [-0.2, 0) is 4.79 Å². The van der Waals surface area contributed by atoms with Crippen molar-refractivity contribution in [2.45, 2.75) is 11.8 Å². The minimum atomic E-state index is -0.934. The van der Waals surface area contributed by atoms with E-state index in [0.717, 1.165) is 23.9 Å². The van der Waals surface area contributed by atoms with Crippen LogP contribution in [0.25, 0.3) is 0 Å². The van der Waals surface area contributed by atoms with Gasteiger partial charge >= 0.3 is 0 Å². The number of amides is 1. The van der Waals surface area contributed by atoms with Crippen LogP contribution in [0.5, 0.6) is 0 Å². The number of nitrogens with zero attached hydrogens (tertiary/aromatic N) is 1. The molecule has 0 bridgehead atoms. The molecule has 4 nitrogen and oxygen atoms in total. The number of aromatic nitrogens is 1. The highest BCUT2D eigenvalue weighted by Gasteiger charge is 2.08. The van der Waals surface area contributed by atoms with Crippen molar-refractivity contribution in [3.63, 3.8) is 0 Å². The van der Waals surface area contributed by atoms with Crippen molar-refractivity contribution in [3.05, 3.63) is 41.6 Å². The average molecular weight is 284 g/mol. The van der Waals surface area contributed by atoms with E-state index < -0.39 is 11.6 Å². The second-order valence-corrected chi connectivity index (χ2v) is 4.79. The van der Waals surface area contributed by atoms with Crippen molar-refractivity contribution in [1.29, 1.82) is 0 Å². The van der Waals surface area contributed by atoms with E-state index in [1.807, 2.05) is 0 Å². The zero-order chi connectivity index (χ0) is 13.8. The van der Waals surface area contributed by atoms with Crippen LogP contribution in [0.1, 0.15) is 5.69 Å². The fourth-order valence-electron chi connectivity index (χ4n) is 1.31. The maximum atomic E-state index is 12.9. The van der Waals surface area contributed by atoms with Gasteiger partial charge in [0.05, 0.1) is 11.4 Å². The molecule has 1 heterocycles. The number of aryl methyl sites for hydroxylation is 1. The van der Waals surface area contributed by atoms with E-state index in [1.54, 1.807) is 13.0 Å². The molecular formula is C12H10F2N2O2S. The molecule has 100 valence electrons. The Hall–Kier alpha value is -1.89. The Kier molecular flexibility index (Phi) is 4.16. The van der Waals surface area contributed by atoms with Crippen molar-refractivity contribution >= 4 is 23.6 Å². The Bertz CT molecular complexity index is 601. The molecule has 2 aromatic rings. The van der Waals surface area contributed by atoms with E-state index in [2.05, 4.69) is 10.5 Å². The lowest BCUT2D eigenvalue weighted by Gasteiger charge is -2.02. The number of rotatable bonds is 4. The number of hydrogen-bond donors (Lipinski definition) is 1. The van der Waals surface area contributed by atoms with Gasteiger partial charge in [-0.1, -0.05) is 5.16 Å². The number of halogens is 2. The van der Waals surface area contributed by atoms with Crippen molar-refractivity contribution in [1.82, 2.24) is 5.16 Å². The van der Waals surface area contributed by atoms with Gasteiger partial charge in [0.15, 0.2) is 11.6 Å². The summed E-state index contributed by atoms with van der Waals surface area (Å²) in [6, 6.07) is 5.07. The number of hydrogen-bond acceptors (Lipinski definition) is 4. The average Bonchev–Trinajstić information content (AvgIpc) is 2.76. The zero-order valence-electron chi connectivity index (χ0n) is 9.94. The topological polar surface area (TPSA) is 55.1 Å². The van der Waals surface area contributed by atoms with Crippen molar-refractivity contribution in [2.75, 3.05) is 11.1 Å². The first kappa shape index (κ1) is 13.5. The van der Waals surface area contributed by atoms with Crippen LogP contribution < -0.4 is 5.32 Å². The summed E-state index contributed by atoms with van der Waals surface area (Å²) in [5, 5.41) is 6.12. The van der Waals surface area contributed by atoms with Crippen LogP contribution in [0.3, 0.4) is 0 Å². The summed E-state index contributed by atoms with van der Waals surface area (Å²) in [7, 11) is 0. The number of thioether (sulfide) groups is 1. The fraction of sp³-hybridized carbons (Fsp3) is 0.167. The molecule has 0 aliphatic heterocycles. The smallest absolute Gasteiger partial charge is 0.237 e. The molecule has 0 saturated heterocycles. The molecule has 0 saturated carbocycles. The quantitative estimate of drug-likeness (QED) is 0.877. The summed E-state index contributed by atoms with van der Waals surface area (Å²) in [6.45, 7) is 1.73. The Morgan fingerprint density at radius 2 is 2.16 bits per heavy atom. The summed E-state index contributed by atoms with van der Waals surface area (Å²) in [4.78, 5) is 12.0. The third-order valence-electron chi connectivity index (χ3n) is 2.15. The van der Waals surface area contributed by atoms with Gasteiger partial charge in [0, 0.05) is 11.0 Å². The molecule has 0 radical (unpaired) electrons. The highest BCUT2D eigenvalue weighted by Crippen LogP contribution is 2.20. The number of carbonyl (C=O) groups is 1. The van der Waals surface area contributed by atoms with E-state index in [0.29, 0.717) is 10.6 Å². The Morgan fingerprint density at radius 3 is 2.79 bits per heavy atom. The zero-order valence-corrected chi connectivity index (χ0v) is 10.8. The molecule has 0 unspecified atom stereocenters. The normalized spacial score (nSPS) is 10.5. The molecule has 0 atom stereocenters. The molecule has 1 aromatic heterocycles. The van der Waals surface area contributed by atoms with Gasteiger partial charge in [-0.3, -0.25) is 10.1 Å². The van der Waals surface area contributed by atoms with E-state index in [9.17, 15) is 13.6 Å². The van der Waals surface area contributed by atoms with Gasteiger partial charge in [0.1, 0.15) is 0 Å². The third kappa shape index (κ3) is 3.78. The largest absolute Gasteiger partial charge is 0.338 e. The molecule has 0 fully saturated rings. The Balaban J connectivity index is 1.88. The maximum absolute atomic E-state index is 12.9. The van der Waals surface area contributed by atoms with Gasteiger partial charge in [-0.15, -0.1) is 11.8 Å². The van der Waals surface area contributed by atoms with E-state index in [-0.39, 0.29) is 17.5 Å². The van der Waals surface area contributed by atoms with Crippen molar-refractivity contribution < 1.29 is 18.1 Å². The number of benzene rings is 1. The monoisotopic (exact) mass is 284 g/mol. The van der Waals surface area contributed by atoms with E-state index >= 15 is 0 Å². The molecule has 19 heavy (non-hydrogen) atoms. The summed E-state index contributed by atoms with van der Waals surface area (Å²) < 4.78 is 30.5. The second kappa shape index (κ2) is 5.83. The van der Waals surface area contributed by atoms with Gasteiger partial charge in [0.25, 0.3) is 0 Å². The number of carbonyl (C=O) groups excluding carboxylic acids is 1. The van der Waals surface area contributed by atoms with Crippen LogP contribution in [0.2, 0.25) is 0 Å². The van der Waals surface area contributed by atoms with Gasteiger partial charge in [-0.2, -0.15) is 0 Å². The molecule has 1 aromatic carbocycles. The van der Waals surface area contributed by atoms with Crippen LogP contribution >= 0.6 is 11.8 Å². The number of anilines is 1. The van der Waals surface area contributed by atoms with Gasteiger partial charge in [-0.05, 0) is 25.1 Å². The molecule has 1 N–H and O–H groups in total. The van der Waals surface area contributed by atoms with E-state index in [1.165, 1.54) is 6.07 Å². The van der Waals surface area contributed by atoms with E-state index in [4.69, 9.17) is 4.52 Å². The van der Waals surface area contributed by atoms with Gasteiger partial charge in [0.2, 0.25) is 11.8 Å². The number of nitrogens with one attached hydrogen (secondary N) is 1. The maximum Gasteiger partial charge on any atom is 0.237 e. The second-order valence-electron chi connectivity index (χ2n) is 3.75. The molecule has 1 amide bonds. The molecular weight excluding hydrogens is 274 g/mol. The fourth-order valence-corrected chi connectivity index (χ4v) is 2.03. The summed E-state index contributed by atoms with van der Waals surface area (Å²) in [5.41, 5.74) is 0.656. The van der Waals surface area contributed by atoms with Crippen LogP contribution in [0, 0.1) is 18.6 Å². The standard InChI is InChI=1S/C12H10F2N2O2S/c1-7-4-12(18-16-7)15-11(17)6-19-8-2-3-9(13)10(14)5-8/h2-5H,6H2,1H3,(H,15,17). The third-order valence-corrected chi connectivity index (χ3v) is 3.15. The molecule has 0 aliphatic rings. The first-order valence-corrected chi connectivity index (χ1v) is 6.34. The van der Waals surface area contributed by atoms with Crippen LogP contribution in [-0.4, -0.2) is 16.8 Å².